The second kappa shape index (κ2) is 7.18. The molecule has 2 N–H and O–H groups in total. The van der Waals surface area contributed by atoms with E-state index in [1.54, 1.807) is 12.1 Å². The Kier molecular flexibility index (Phi) is 4.98. The maximum Gasteiger partial charge on any atom is 0.315 e. The summed E-state index contributed by atoms with van der Waals surface area (Å²) in [6.07, 6.45) is 0.688. The minimum Gasteiger partial charge on any atom is -0.337 e. The van der Waals surface area contributed by atoms with Crippen LogP contribution in [0.25, 0.3) is 11.4 Å². The van der Waals surface area contributed by atoms with E-state index in [1.807, 2.05) is 20.9 Å². The number of urea groups is 1. The zero-order valence-corrected chi connectivity index (χ0v) is 14.5. The summed E-state index contributed by atoms with van der Waals surface area (Å²) >= 11 is 0. The Balaban J connectivity index is 1.66. The van der Waals surface area contributed by atoms with E-state index in [4.69, 9.17) is 4.52 Å². The van der Waals surface area contributed by atoms with Crippen LogP contribution in [0.5, 0.6) is 0 Å². The van der Waals surface area contributed by atoms with Crippen molar-refractivity contribution in [3.63, 3.8) is 0 Å². The molecule has 1 aliphatic heterocycles. The number of amides is 2. The summed E-state index contributed by atoms with van der Waals surface area (Å²) in [4.78, 5) is 18.4. The standard InChI is InChI=1S/C17H22FN5O2/c1-10(2)19-17(24)20-13-8-14(23(3)9-13)16-21-15(22-25-16)11-4-6-12(18)7-5-11/h4-7,10,13-14H,8-9H2,1-3H3,(H2,19,20,24). The highest BCUT2D eigenvalue weighted by Gasteiger charge is 2.35. The molecule has 0 saturated carbocycles. The summed E-state index contributed by atoms with van der Waals surface area (Å²) in [6, 6.07) is 5.81. The first-order valence-corrected chi connectivity index (χ1v) is 8.29. The van der Waals surface area contributed by atoms with E-state index in [1.165, 1.54) is 12.1 Å². The van der Waals surface area contributed by atoms with E-state index in [-0.39, 0.29) is 30.0 Å². The zero-order valence-electron chi connectivity index (χ0n) is 14.5. The minimum absolute atomic E-state index is 0.00919. The molecule has 2 aromatic rings. The smallest absolute Gasteiger partial charge is 0.315 e. The molecule has 0 bridgehead atoms. The molecule has 25 heavy (non-hydrogen) atoms. The van der Waals surface area contributed by atoms with Crippen LogP contribution in [0.3, 0.4) is 0 Å². The van der Waals surface area contributed by atoms with Gasteiger partial charge in [0, 0.05) is 24.2 Å². The number of carbonyl (C=O) groups is 1. The Labute approximate surface area is 145 Å². The molecule has 3 rings (SSSR count). The molecule has 1 aromatic carbocycles. The Morgan fingerprint density at radius 1 is 1.36 bits per heavy atom. The number of likely N-dealkylation sites (tertiary alicyclic amines) is 1. The Bertz CT molecular complexity index is 731. The third-order valence-electron chi connectivity index (χ3n) is 4.13. The summed E-state index contributed by atoms with van der Waals surface area (Å²) in [6.45, 7) is 4.53. The van der Waals surface area contributed by atoms with Crippen molar-refractivity contribution in [1.82, 2.24) is 25.7 Å². The van der Waals surface area contributed by atoms with Crippen LogP contribution in [-0.2, 0) is 0 Å². The van der Waals surface area contributed by atoms with Gasteiger partial charge in [0.1, 0.15) is 5.82 Å². The molecule has 1 aromatic heterocycles. The highest BCUT2D eigenvalue weighted by molar-refractivity contribution is 5.74. The first kappa shape index (κ1) is 17.3. The van der Waals surface area contributed by atoms with Crippen molar-refractivity contribution in [3.8, 4) is 11.4 Å². The number of aromatic nitrogens is 2. The summed E-state index contributed by atoms with van der Waals surface area (Å²) in [7, 11) is 1.95. The third-order valence-corrected chi connectivity index (χ3v) is 4.13. The predicted octanol–water partition coefficient (Wildman–Crippen LogP) is 2.33. The van der Waals surface area contributed by atoms with Gasteiger partial charge in [-0.05, 0) is 51.6 Å². The molecule has 8 heteroatoms. The summed E-state index contributed by atoms with van der Waals surface area (Å²) in [5.74, 6) is 0.615. The molecule has 1 saturated heterocycles. The van der Waals surface area contributed by atoms with Crippen molar-refractivity contribution in [3.05, 3.63) is 36.0 Å². The fraction of sp³-hybridized carbons (Fsp3) is 0.471. The van der Waals surface area contributed by atoms with Gasteiger partial charge in [-0.15, -0.1) is 0 Å². The van der Waals surface area contributed by atoms with E-state index >= 15 is 0 Å². The number of benzene rings is 1. The second-order valence-corrected chi connectivity index (χ2v) is 6.62. The average molecular weight is 347 g/mol. The van der Waals surface area contributed by atoms with Crippen molar-refractivity contribution in [2.24, 2.45) is 0 Å². The lowest BCUT2D eigenvalue weighted by molar-refractivity contribution is 0.234. The van der Waals surface area contributed by atoms with Crippen molar-refractivity contribution < 1.29 is 13.7 Å². The van der Waals surface area contributed by atoms with Gasteiger partial charge < -0.3 is 15.2 Å². The van der Waals surface area contributed by atoms with Crippen molar-refractivity contribution in [2.45, 2.75) is 38.4 Å². The number of nitrogens with zero attached hydrogens (tertiary/aromatic N) is 3. The Morgan fingerprint density at radius 3 is 2.76 bits per heavy atom. The molecule has 0 radical (unpaired) electrons. The van der Waals surface area contributed by atoms with Gasteiger partial charge in [-0.2, -0.15) is 4.98 Å². The normalized spacial score (nSPS) is 20.8. The number of carbonyl (C=O) groups excluding carboxylic acids is 1. The lowest BCUT2D eigenvalue weighted by Crippen LogP contribution is -2.45. The fourth-order valence-electron chi connectivity index (χ4n) is 2.97. The zero-order chi connectivity index (χ0) is 18.0. The van der Waals surface area contributed by atoms with Crippen LogP contribution in [0, 0.1) is 5.82 Å². The topological polar surface area (TPSA) is 83.3 Å². The number of hydrogen-bond acceptors (Lipinski definition) is 5. The first-order chi connectivity index (χ1) is 11.9. The molecular formula is C17H22FN5O2. The molecule has 2 unspecified atom stereocenters. The van der Waals surface area contributed by atoms with Gasteiger partial charge in [-0.25, -0.2) is 9.18 Å². The molecule has 2 amide bonds. The largest absolute Gasteiger partial charge is 0.337 e. The molecule has 2 atom stereocenters. The van der Waals surface area contributed by atoms with Crippen molar-refractivity contribution >= 4 is 6.03 Å². The van der Waals surface area contributed by atoms with Crippen molar-refractivity contribution in [1.29, 1.82) is 0 Å². The maximum atomic E-state index is 13.0. The number of rotatable bonds is 4. The van der Waals surface area contributed by atoms with Crippen LogP contribution >= 0.6 is 0 Å². The minimum atomic E-state index is -0.309. The van der Waals surface area contributed by atoms with Gasteiger partial charge in [0.25, 0.3) is 0 Å². The Morgan fingerprint density at radius 2 is 2.08 bits per heavy atom. The van der Waals surface area contributed by atoms with Crippen LogP contribution in [0.4, 0.5) is 9.18 Å². The molecule has 134 valence electrons. The lowest BCUT2D eigenvalue weighted by Gasteiger charge is -2.15. The van der Waals surface area contributed by atoms with Gasteiger partial charge in [0.2, 0.25) is 11.7 Å². The molecule has 7 nitrogen and oxygen atoms in total. The summed E-state index contributed by atoms with van der Waals surface area (Å²) in [5.41, 5.74) is 0.697. The number of hydrogen-bond donors (Lipinski definition) is 2. The maximum absolute atomic E-state index is 13.0. The lowest BCUT2D eigenvalue weighted by atomic mass is 10.1. The van der Waals surface area contributed by atoms with Crippen LogP contribution in [-0.4, -0.2) is 46.7 Å². The SMILES string of the molecule is CC(C)NC(=O)NC1CC(c2nc(-c3ccc(F)cc3)no2)N(C)C1. The van der Waals surface area contributed by atoms with Crippen molar-refractivity contribution in [2.75, 3.05) is 13.6 Å². The molecule has 1 aliphatic rings. The van der Waals surface area contributed by atoms with E-state index in [2.05, 4.69) is 25.7 Å². The predicted molar refractivity (Wildman–Crippen MR) is 90.3 cm³/mol. The Hall–Kier alpha value is -2.48. The van der Waals surface area contributed by atoms with Gasteiger partial charge in [0.05, 0.1) is 6.04 Å². The van der Waals surface area contributed by atoms with Gasteiger partial charge in [0.15, 0.2) is 0 Å². The van der Waals surface area contributed by atoms with Gasteiger partial charge in [-0.3, -0.25) is 4.90 Å². The molecule has 0 spiro atoms. The van der Waals surface area contributed by atoms with Gasteiger partial charge >= 0.3 is 6.03 Å². The van der Waals surface area contributed by atoms with Crippen LogP contribution in [0.1, 0.15) is 32.2 Å². The monoisotopic (exact) mass is 347 g/mol. The van der Waals surface area contributed by atoms with Crippen LogP contribution in [0.15, 0.2) is 28.8 Å². The third kappa shape index (κ3) is 4.14. The quantitative estimate of drug-likeness (QED) is 0.887. The number of nitrogens with one attached hydrogen (secondary N) is 2. The number of likely N-dealkylation sites (N-methyl/N-ethyl adjacent to an activating group) is 1. The average Bonchev–Trinajstić information content (AvgIpc) is 3.14. The van der Waals surface area contributed by atoms with E-state index < -0.39 is 0 Å². The molecule has 2 heterocycles. The van der Waals surface area contributed by atoms with Crippen LogP contribution < -0.4 is 10.6 Å². The second-order valence-electron chi connectivity index (χ2n) is 6.62. The van der Waals surface area contributed by atoms with E-state index in [9.17, 15) is 9.18 Å². The number of halogens is 1. The van der Waals surface area contributed by atoms with Crippen LogP contribution in [0.2, 0.25) is 0 Å². The molecule has 1 fully saturated rings. The highest BCUT2D eigenvalue weighted by Crippen LogP contribution is 2.30. The van der Waals surface area contributed by atoms with Gasteiger partial charge in [-0.1, -0.05) is 5.16 Å². The molecular weight excluding hydrogens is 325 g/mol. The molecule has 0 aliphatic carbocycles. The highest BCUT2D eigenvalue weighted by atomic mass is 19.1. The summed E-state index contributed by atoms with van der Waals surface area (Å²) < 4.78 is 18.4. The summed E-state index contributed by atoms with van der Waals surface area (Å²) in [5, 5.41) is 9.77. The first-order valence-electron chi connectivity index (χ1n) is 8.29. The van der Waals surface area contributed by atoms with E-state index in [0.29, 0.717) is 30.2 Å². The van der Waals surface area contributed by atoms with E-state index in [0.717, 1.165) is 0 Å². The fourth-order valence-corrected chi connectivity index (χ4v) is 2.97.